The van der Waals surface area contributed by atoms with Gasteiger partial charge in [0.25, 0.3) is 5.17 Å². The molecule has 0 radical (unpaired) electrons. The minimum Gasteiger partial charge on any atom is -0.474 e. The van der Waals surface area contributed by atoms with E-state index in [1.54, 1.807) is 19.1 Å². The van der Waals surface area contributed by atoms with Gasteiger partial charge in [-0.1, -0.05) is 12.1 Å². The minimum absolute atomic E-state index is 0.300. The number of ether oxygens (including phenoxy) is 4. The van der Waals surface area contributed by atoms with Crippen molar-refractivity contribution in [1.82, 2.24) is 5.32 Å². The number of carbonyl (C=O) groups is 1. The van der Waals surface area contributed by atoms with Crippen molar-refractivity contribution >= 4 is 23.4 Å². The number of carbonyl (C=O) groups excluding carboxylic acids is 1. The molecule has 1 saturated heterocycles. The first-order chi connectivity index (χ1) is 12.3. The summed E-state index contributed by atoms with van der Waals surface area (Å²) in [5, 5.41) is 23.6. The molecule has 0 spiro atoms. The van der Waals surface area contributed by atoms with Gasteiger partial charge in [-0.25, -0.2) is 0 Å². The zero-order chi connectivity index (χ0) is 19.3. The molecule has 8 nitrogen and oxygen atoms in total. The van der Waals surface area contributed by atoms with Crippen molar-refractivity contribution in [3.63, 3.8) is 0 Å². The Labute approximate surface area is 157 Å². The summed E-state index contributed by atoms with van der Waals surface area (Å²) in [6.07, 6.45) is -5.36. The van der Waals surface area contributed by atoms with Crippen LogP contribution in [0.5, 0.6) is 5.75 Å². The van der Waals surface area contributed by atoms with Gasteiger partial charge in [-0.15, -0.1) is 0 Å². The fourth-order valence-electron chi connectivity index (χ4n) is 2.52. The van der Waals surface area contributed by atoms with Crippen LogP contribution in [-0.4, -0.2) is 59.2 Å². The van der Waals surface area contributed by atoms with Crippen molar-refractivity contribution < 1.29 is 34.0 Å². The van der Waals surface area contributed by atoms with E-state index in [2.05, 4.69) is 5.32 Å². The van der Waals surface area contributed by atoms with Crippen LogP contribution in [0, 0.1) is 0 Å². The van der Waals surface area contributed by atoms with Crippen LogP contribution in [0.15, 0.2) is 24.3 Å². The van der Waals surface area contributed by atoms with Gasteiger partial charge in [0.05, 0.1) is 13.2 Å². The standard InChI is InChI=1S/C17H23NO7S/c1-9-15(24-10(2)19)13(20)14(21)16(23-9)25-12-6-4-11(5-7-12)8-18-17(26)22-3/h4-7,9,13-16,20-21H,8H2,1-3H3,(H,18,26)/t9?,13-,14+,15-,16-/m0/s1. The number of hydrogen-bond donors (Lipinski definition) is 3. The van der Waals surface area contributed by atoms with Gasteiger partial charge in [-0.2, -0.15) is 0 Å². The Bertz CT molecular complexity index is 624. The van der Waals surface area contributed by atoms with Gasteiger partial charge in [0.2, 0.25) is 6.29 Å². The number of esters is 1. The van der Waals surface area contributed by atoms with Crippen LogP contribution in [0.2, 0.25) is 0 Å². The van der Waals surface area contributed by atoms with Crippen molar-refractivity contribution in [3.05, 3.63) is 29.8 Å². The average molecular weight is 385 g/mol. The van der Waals surface area contributed by atoms with Gasteiger partial charge in [0.15, 0.2) is 6.10 Å². The van der Waals surface area contributed by atoms with Crippen LogP contribution in [0.25, 0.3) is 0 Å². The second-order valence-corrected chi connectivity index (χ2v) is 6.24. The van der Waals surface area contributed by atoms with Gasteiger partial charge >= 0.3 is 5.97 Å². The second-order valence-electron chi connectivity index (χ2n) is 5.87. The molecule has 0 amide bonds. The van der Waals surface area contributed by atoms with E-state index in [-0.39, 0.29) is 0 Å². The van der Waals surface area contributed by atoms with E-state index < -0.39 is 36.7 Å². The van der Waals surface area contributed by atoms with Crippen molar-refractivity contribution in [2.24, 2.45) is 0 Å². The number of aliphatic hydroxyl groups excluding tert-OH is 2. The highest BCUT2D eigenvalue weighted by Crippen LogP contribution is 2.26. The number of rotatable bonds is 5. The van der Waals surface area contributed by atoms with E-state index in [0.717, 1.165) is 5.56 Å². The van der Waals surface area contributed by atoms with Crippen LogP contribution in [0.1, 0.15) is 19.4 Å². The molecule has 0 bridgehead atoms. The van der Waals surface area contributed by atoms with Gasteiger partial charge < -0.3 is 34.5 Å². The van der Waals surface area contributed by atoms with E-state index in [0.29, 0.717) is 17.5 Å². The Hall–Kier alpha value is -1.94. The molecule has 144 valence electrons. The second kappa shape index (κ2) is 9.13. The summed E-state index contributed by atoms with van der Waals surface area (Å²) in [5.41, 5.74) is 0.949. The van der Waals surface area contributed by atoms with Gasteiger partial charge in [-0.05, 0) is 36.8 Å². The van der Waals surface area contributed by atoms with Crippen molar-refractivity contribution in [2.45, 2.75) is 51.1 Å². The van der Waals surface area contributed by atoms with E-state index in [1.807, 2.05) is 12.1 Å². The Morgan fingerprint density at radius 2 is 1.92 bits per heavy atom. The van der Waals surface area contributed by atoms with Gasteiger partial charge in [0, 0.05) is 13.5 Å². The Balaban J connectivity index is 1.95. The summed E-state index contributed by atoms with van der Waals surface area (Å²) < 4.78 is 21.0. The summed E-state index contributed by atoms with van der Waals surface area (Å²) in [6.45, 7) is 3.35. The maximum atomic E-state index is 11.1. The number of thiocarbonyl (C=S) groups is 1. The zero-order valence-corrected chi connectivity index (χ0v) is 15.6. The van der Waals surface area contributed by atoms with E-state index in [1.165, 1.54) is 14.0 Å². The van der Waals surface area contributed by atoms with Gasteiger partial charge in [0.1, 0.15) is 18.0 Å². The molecule has 1 aliphatic rings. The highest BCUT2D eigenvalue weighted by atomic mass is 32.1. The van der Waals surface area contributed by atoms with Crippen molar-refractivity contribution in [3.8, 4) is 5.75 Å². The molecule has 26 heavy (non-hydrogen) atoms. The molecule has 1 aromatic rings. The minimum atomic E-state index is -1.36. The van der Waals surface area contributed by atoms with Crippen LogP contribution in [0.4, 0.5) is 0 Å². The third-order valence-electron chi connectivity index (χ3n) is 3.88. The molecule has 1 fully saturated rings. The van der Waals surface area contributed by atoms with Crippen molar-refractivity contribution in [2.75, 3.05) is 7.11 Å². The molecule has 1 heterocycles. The molecule has 1 unspecified atom stereocenters. The van der Waals surface area contributed by atoms with E-state index in [9.17, 15) is 15.0 Å². The maximum absolute atomic E-state index is 11.1. The molecule has 0 aliphatic carbocycles. The lowest BCUT2D eigenvalue weighted by atomic mass is 9.99. The topological polar surface area (TPSA) is 106 Å². The molecule has 3 N–H and O–H groups in total. The molecular formula is C17H23NO7S. The van der Waals surface area contributed by atoms with Crippen LogP contribution in [0.3, 0.4) is 0 Å². The molecule has 0 saturated carbocycles. The third-order valence-corrected chi connectivity index (χ3v) is 4.19. The quantitative estimate of drug-likeness (QED) is 0.493. The SMILES string of the molecule is COC(=S)NCc1ccc(O[C@@H]2OC(C)[C@H](OC(C)=O)[C@@H](O)[C@H]2O)cc1. The first kappa shape index (κ1) is 20.4. The van der Waals surface area contributed by atoms with E-state index in [4.69, 9.17) is 31.2 Å². The smallest absolute Gasteiger partial charge is 0.303 e. The first-order valence-corrected chi connectivity index (χ1v) is 8.49. The number of hydrogen-bond acceptors (Lipinski definition) is 8. The van der Waals surface area contributed by atoms with Crippen LogP contribution in [-0.2, 0) is 25.5 Å². The lowest BCUT2D eigenvalue weighted by Crippen LogP contribution is -2.59. The molecule has 1 aliphatic heterocycles. The maximum Gasteiger partial charge on any atom is 0.303 e. The molecule has 2 rings (SSSR count). The van der Waals surface area contributed by atoms with Gasteiger partial charge in [-0.3, -0.25) is 4.79 Å². The Morgan fingerprint density at radius 3 is 2.50 bits per heavy atom. The fraction of sp³-hybridized carbons (Fsp3) is 0.529. The lowest BCUT2D eigenvalue weighted by molar-refractivity contribution is -0.272. The highest BCUT2D eigenvalue weighted by Gasteiger charge is 2.45. The predicted octanol–water partition coefficient (Wildman–Crippen LogP) is 0.485. The van der Waals surface area contributed by atoms with Crippen LogP contribution < -0.4 is 10.1 Å². The largest absolute Gasteiger partial charge is 0.474 e. The monoisotopic (exact) mass is 385 g/mol. The molecular weight excluding hydrogens is 362 g/mol. The Morgan fingerprint density at radius 1 is 1.27 bits per heavy atom. The fourth-order valence-corrected chi connectivity index (χ4v) is 2.60. The van der Waals surface area contributed by atoms with E-state index >= 15 is 0 Å². The average Bonchev–Trinajstić information content (AvgIpc) is 2.62. The molecule has 1 aromatic carbocycles. The molecule has 0 aromatic heterocycles. The summed E-state index contributed by atoms with van der Waals surface area (Å²) in [7, 11) is 1.49. The predicted molar refractivity (Wildman–Crippen MR) is 95.4 cm³/mol. The first-order valence-electron chi connectivity index (χ1n) is 8.08. The number of aliphatic hydroxyl groups is 2. The third kappa shape index (κ3) is 5.28. The Kier molecular flexibility index (Phi) is 7.15. The highest BCUT2D eigenvalue weighted by molar-refractivity contribution is 7.80. The summed E-state index contributed by atoms with van der Waals surface area (Å²) in [5.74, 6) is -0.106. The zero-order valence-electron chi connectivity index (χ0n) is 14.7. The molecule has 5 atom stereocenters. The summed E-state index contributed by atoms with van der Waals surface area (Å²) in [4.78, 5) is 11.1. The summed E-state index contributed by atoms with van der Waals surface area (Å²) >= 11 is 4.90. The lowest BCUT2D eigenvalue weighted by Gasteiger charge is -2.40. The number of nitrogens with one attached hydrogen (secondary N) is 1. The summed E-state index contributed by atoms with van der Waals surface area (Å²) in [6, 6.07) is 7.05. The number of methoxy groups -OCH3 is 1. The normalized spacial score (nSPS) is 28.1. The van der Waals surface area contributed by atoms with Crippen molar-refractivity contribution in [1.29, 1.82) is 0 Å². The molecule has 9 heteroatoms. The van der Waals surface area contributed by atoms with Crippen LogP contribution >= 0.6 is 12.2 Å². The number of benzene rings is 1.